The van der Waals surface area contributed by atoms with Crippen LogP contribution in [0, 0.1) is 0 Å². The van der Waals surface area contributed by atoms with Gasteiger partial charge in [0.15, 0.2) is 0 Å². The largest absolute Gasteiger partial charge is 0.456 e. The third-order valence-corrected chi connectivity index (χ3v) is 10.1. The van der Waals surface area contributed by atoms with Crippen LogP contribution < -0.4 is 0 Å². The molecule has 0 saturated carbocycles. The Balaban J connectivity index is 1.18. The van der Waals surface area contributed by atoms with E-state index in [-0.39, 0.29) is 0 Å². The fraction of sp³-hybridized carbons (Fsp3) is 0. The van der Waals surface area contributed by atoms with Crippen LogP contribution in [-0.2, 0) is 0 Å². The van der Waals surface area contributed by atoms with E-state index in [2.05, 4.69) is 161 Å². The molecule has 9 aromatic rings. The molecule has 0 saturated heterocycles. The number of benzene rings is 7. The summed E-state index contributed by atoms with van der Waals surface area (Å²) in [5.41, 5.74) is 12.0. The van der Waals surface area contributed by atoms with E-state index in [9.17, 15) is 0 Å². The first-order chi connectivity index (χ1) is 24.3. The number of nitrogens with zero attached hydrogens (tertiary/aromatic N) is 3. The third kappa shape index (κ3) is 3.77. The van der Waals surface area contributed by atoms with Crippen LogP contribution in [0.25, 0.3) is 99.4 Å². The molecule has 0 N–H and O–H groups in total. The minimum atomic E-state index is 0.868. The lowest BCUT2D eigenvalue weighted by Gasteiger charge is -2.18. The smallest absolute Gasteiger partial charge is 0.146 e. The summed E-state index contributed by atoms with van der Waals surface area (Å²) >= 11 is 0. The zero-order valence-corrected chi connectivity index (χ0v) is 26.3. The minimum Gasteiger partial charge on any atom is -0.456 e. The molecule has 11 rings (SSSR count). The van der Waals surface area contributed by atoms with Crippen molar-refractivity contribution in [3.05, 3.63) is 164 Å². The number of fused-ring (bicyclic) bond motifs is 10. The molecule has 0 unspecified atom stereocenters. The van der Waals surface area contributed by atoms with Crippen LogP contribution in [0.2, 0.25) is 0 Å². The molecule has 2 aliphatic rings. The lowest BCUT2D eigenvalue weighted by molar-refractivity contribution is 0.669. The van der Waals surface area contributed by atoms with Gasteiger partial charge >= 0.3 is 0 Å². The molecule has 0 amide bonds. The first-order valence-corrected chi connectivity index (χ1v) is 16.6. The van der Waals surface area contributed by atoms with Crippen molar-refractivity contribution in [2.24, 2.45) is 0 Å². The van der Waals surface area contributed by atoms with Crippen LogP contribution in [0.4, 0.5) is 0 Å². The van der Waals surface area contributed by atoms with Gasteiger partial charge in [0.25, 0.3) is 0 Å². The number of aromatic nitrogens is 3. The van der Waals surface area contributed by atoms with E-state index < -0.39 is 0 Å². The molecular formula is C45H27N3O. The SMILES string of the molecule is c1ccc(-n2c3ccccc3c3cc(-c4ccc5c(c4)cc4c6ccccc6nc-4n5-c4cccc5oc6ccccc6c45)ccc32)cc1. The second-order valence-corrected chi connectivity index (χ2v) is 12.8. The normalized spacial score (nSPS) is 12.1. The van der Waals surface area contributed by atoms with Gasteiger partial charge in [-0.25, -0.2) is 4.98 Å². The second-order valence-electron chi connectivity index (χ2n) is 12.8. The standard InChI is InChI=1S/C45H27N3O/c1-2-11-31(12-3-1)47-39-17-8-5-14-33(39)35-26-29(22-24-40(35)47)28-21-23-38-30(25-28)27-36-32-13-4-7-16-37(32)46-45(36)48(38)41-18-10-20-43-44(41)34-15-6-9-19-42(34)49-43/h1-27H. The lowest BCUT2D eigenvalue weighted by atomic mass is 9.99. The maximum absolute atomic E-state index is 6.33. The summed E-state index contributed by atoms with van der Waals surface area (Å²) in [6.45, 7) is 0. The van der Waals surface area contributed by atoms with Crippen LogP contribution >= 0.6 is 0 Å². The highest BCUT2D eigenvalue weighted by Gasteiger charge is 2.22. The molecule has 4 nitrogen and oxygen atoms in total. The Bertz CT molecular complexity index is 3050. The quantitative estimate of drug-likeness (QED) is 0.196. The molecule has 2 aromatic heterocycles. The molecule has 4 heteroatoms. The zero-order chi connectivity index (χ0) is 32.1. The maximum Gasteiger partial charge on any atom is 0.146 e. The number of rotatable bonds is 3. The summed E-state index contributed by atoms with van der Waals surface area (Å²) < 4.78 is 11.0. The van der Waals surface area contributed by atoms with Crippen LogP contribution in [0.15, 0.2) is 168 Å². The molecule has 0 atom stereocenters. The Labute approximate surface area is 281 Å². The molecule has 0 fully saturated rings. The van der Waals surface area contributed by atoms with E-state index in [4.69, 9.17) is 9.40 Å². The van der Waals surface area contributed by atoms with Gasteiger partial charge in [0.2, 0.25) is 0 Å². The van der Waals surface area contributed by atoms with E-state index in [0.29, 0.717) is 0 Å². The van der Waals surface area contributed by atoms with E-state index in [1.807, 2.05) is 12.1 Å². The molecule has 4 heterocycles. The highest BCUT2D eigenvalue weighted by Crippen LogP contribution is 2.42. The van der Waals surface area contributed by atoms with E-state index in [1.165, 1.54) is 32.9 Å². The highest BCUT2D eigenvalue weighted by molar-refractivity contribution is 6.12. The van der Waals surface area contributed by atoms with Gasteiger partial charge in [-0.1, -0.05) is 91.0 Å². The van der Waals surface area contributed by atoms with E-state index in [0.717, 1.165) is 66.5 Å². The van der Waals surface area contributed by atoms with Crippen molar-refractivity contribution in [3.63, 3.8) is 0 Å². The fourth-order valence-corrected chi connectivity index (χ4v) is 7.92. The van der Waals surface area contributed by atoms with Crippen molar-refractivity contribution < 1.29 is 4.42 Å². The number of para-hydroxylation sites is 4. The fourth-order valence-electron chi connectivity index (χ4n) is 7.92. The Morgan fingerprint density at radius 1 is 0.449 bits per heavy atom. The van der Waals surface area contributed by atoms with Gasteiger partial charge < -0.3 is 8.98 Å². The van der Waals surface area contributed by atoms with Crippen molar-refractivity contribution in [2.45, 2.75) is 0 Å². The third-order valence-electron chi connectivity index (χ3n) is 10.1. The summed E-state index contributed by atoms with van der Waals surface area (Å²) in [6.07, 6.45) is 0. The topological polar surface area (TPSA) is 35.9 Å². The molecule has 0 bridgehead atoms. The molecule has 49 heavy (non-hydrogen) atoms. The van der Waals surface area contributed by atoms with Crippen LogP contribution in [0.1, 0.15) is 0 Å². The second kappa shape index (κ2) is 9.93. The summed E-state index contributed by atoms with van der Waals surface area (Å²) in [5, 5.41) is 6.98. The molecule has 7 aromatic carbocycles. The first kappa shape index (κ1) is 26.4. The zero-order valence-electron chi connectivity index (χ0n) is 26.3. The monoisotopic (exact) mass is 625 g/mol. The number of furan rings is 1. The van der Waals surface area contributed by atoms with Crippen molar-refractivity contribution in [1.82, 2.24) is 14.1 Å². The van der Waals surface area contributed by atoms with Gasteiger partial charge in [-0.15, -0.1) is 0 Å². The Hall–Kier alpha value is -6.65. The van der Waals surface area contributed by atoms with Gasteiger partial charge in [-0.05, 0) is 89.3 Å². The number of hydrogen-bond donors (Lipinski definition) is 0. The lowest BCUT2D eigenvalue weighted by Crippen LogP contribution is -2.04. The summed E-state index contributed by atoms with van der Waals surface area (Å²) in [4.78, 5) is 5.21. The number of hydrogen-bond acceptors (Lipinski definition) is 2. The van der Waals surface area contributed by atoms with Crippen molar-refractivity contribution >= 4 is 65.6 Å². The van der Waals surface area contributed by atoms with Gasteiger partial charge in [-0.2, -0.15) is 0 Å². The molecule has 2 aliphatic heterocycles. The van der Waals surface area contributed by atoms with Gasteiger partial charge in [0, 0.05) is 32.8 Å². The molecule has 0 radical (unpaired) electrons. The van der Waals surface area contributed by atoms with Crippen LogP contribution in [0.5, 0.6) is 0 Å². The Kier molecular flexibility index (Phi) is 5.35. The predicted octanol–water partition coefficient (Wildman–Crippen LogP) is 11.9. The van der Waals surface area contributed by atoms with E-state index in [1.54, 1.807) is 0 Å². The number of pyridine rings is 1. The van der Waals surface area contributed by atoms with Gasteiger partial charge in [0.05, 0.1) is 33.1 Å². The average Bonchev–Trinajstić information content (AvgIpc) is 3.83. The maximum atomic E-state index is 6.33. The summed E-state index contributed by atoms with van der Waals surface area (Å²) in [7, 11) is 0. The van der Waals surface area contributed by atoms with Gasteiger partial charge in [-0.3, -0.25) is 4.57 Å². The van der Waals surface area contributed by atoms with Crippen molar-refractivity contribution in [3.8, 4) is 33.9 Å². The summed E-state index contributed by atoms with van der Waals surface area (Å²) in [5.74, 6) is 0.939. The molecular weight excluding hydrogens is 599 g/mol. The molecule has 228 valence electrons. The first-order valence-electron chi connectivity index (χ1n) is 16.6. The summed E-state index contributed by atoms with van der Waals surface area (Å²) in [6, 6.07) is 58.4. The Morgan fingerprint density at radius 3 is 2.04 bits per heavy atom. The van der Waals surface area contributed by atoms with E-state index >= 15 is 0 Å². The minimum absolute atomic E-state index is 0.868. The predicted molar refractivity (Wildman–Crippen MR) is 202 cm³/mol. The average molecular weight is 626 g/mol. The van der Waals surface area contributed by atoms with Crippen LogP contribution in [0.3, 0.4) is 0 Å². The van der Waals surface area contributed by atoms with Crippen molar-refractivity contribution in [1.29, 1.82) is 0 Å². The molecule has 0 spiro atoms. The van der Waals surface area contributed by atoms with Crippen LogP contribution in [-0.4, -0.2) is 14.1 Å². The Morgan fingerprint density at radius 2 is 1.14 bits per heavy atom. The van der Waals surface area contributed by atoms with Gasteiger partial charge in [0.1, 0.15) is 17.0 Å². The molecule has 0 aliphatic carbocycles. The highest BCUT2D eigenvalue weighted by atomic mass is 16.3. The van der Waals surface area contributed by atoms with Crippen molar-refractivity contribution in [2.75, 3.05) is 0 Å².